The molecule has 2 aliphatic heterocycles. The van der Waals surface area contributed by atoms with E-state index in [4.69, 9.17) is 14.2 Å². The minimum absolute atomic E-state index is 0.0172. The molecule has 2 saturated heterocycles. The van der Waals surface area contributed by atoms with E-state index in [2.05, 4.69) is 6.58 Å². The lowest BCUT2D eigenvalue weighted by atomic mass is 9.87. The van der Waals surface area contributed by atoms with Gasteiger partial charge in [0.25, 0.3) is 0 Å². The Labute approximate surface area is 109 Å². The highest BCUT2D eigenvalue weighted by Crippen LogP contribution is 2.34. The van der Waals surface area contributed by atoms with E-state index in [0.717, 1.165) is 6.42 Å². The van der Waals surface area contributed by atoms with Crippen molar-refractivity contribution in [3.8, 4) is 0 Å². The topological polar surface area (TPSA) is 47.9 Å². The zero-order valence-corrected chi connectivity index (χ0v) is 11.5. The summed E-state index contributed by atoms with van der Waals surface area (Å²) in [5.74, 6) is -0.412. The van der Waals surface area contributed by atoms with E-state index in [1.807, 2.05) is 26.8 Å². The van der Waals surface area contributed by atoms with Crippen LogP contribution in [-0.2, 0) is 14.2 Å². The molecule has 1 unspecified atom stereocenters. The zero-order chi connectivity index (χ0) is 13.3. The predicted octanol–water partition coefficient (Wildman–Crippen LogP) is 1.87. The SMILES string of the molecule is C=CC[C@H]1O[C@@H](C2COC(C)(C)O2)C[C@H](O)[C@H]1C. The molecule has 0 spiro atoms. The summed E-state index contributed by atoms with van der Waals surface area (Å²) < 4.78 is 17.4. The summed E-state index contributed by atoms with van der Waals surface area (Å²) in [4.78, 5) is 0. The van der Waals surface area contributed by atoms with Gasteiger partial charge in [-0.05, 0) is 20.3 Å². The van der Waals surface area contributed by atoms with Crippen LogP contribution in [0.3, 0.4) is 0 Å². The summed E-state index contributed by atoms with van der Waals surface area (Å²) in [5.41, 5.74) is 0. The van der Waals surface area contributed by atoms with Gasteiger partial charge in [0.05, 0.1) is 24.9 Å². The Morgan fingerprint density at radius 2 is 2.11 bits per heavy atom. The van der Waals surface area contributed by atoms with E-state index in [-0.39, 0.29) is 30.3 Å². The maximum atomic E-state index is 10.1. The summed E-state index contributed by atoms with van der Waals surface area (Å²) in [6.07, 6.45) is 2.69. The second kappa shape index (κ2) is 5.29. The van der Waals surface area contributed by atoms with Crippen LogP contribution < -0.4 is 0 Å². The lowest BCUT2D eigenvalue weighted by molar-refractivity contribution is -0.192. The van der Waals surface area contributed by atoms with E-state index in [1.165, 1.54) is 0 Å². The van der Waals surface area contributed by atoms with Crippen molar-refractivity contribution in [1.82, 2.24) is 0 Å². The van der Waals surface area contributed by atoms with Crippen molar-refractivity contribution in [3.05, 3.63) is 12.7 Å². The normalized spacial score (nSPS) is 43.9. The Hall–Kier alpha value is -0.420. The van der Waals surface area contributed by atoms with Crippen molar-refractivity contribution in [3.63, 3.8) is 0 Å². The van der Waals surface area contributed by atoms with Crippen molar-refractivity contribution in [1.29, 1.82) is 0 Å². The molecule has 0 saturated carbocycles. The quantitative estimate of drug-likeness (QED) is 0.783. The van der Waals surface area contributed by atoms with Gasteiger partial charge in [0.15, 0.2) is 5.79 Å². The average Bonchev–Trinajstić information content (AvgIpc) is 2.65. The molecule has 0 amide bonds. The monoisotopic (exact) mass is 256 g/mol. The van der Waals surface area contributed by atoms with Crippen LogP contribution >= 0.6 is 0 Å². The molecule has 0 aliphatic carbocycles. The second-order valence-electron chi connectivity index (χ2n) is 5.77. The molecule has 4 heteroatoms. The molecule has 0 aromatic rings. The van der Waals surface area contributed by atoms with Crippen LogP contribution in [0.15, 0.2) is 12.7 Å². The molecule has 2 heterocycles. The van der Waals surface area contributed by atoms with Gasteiger partial charge >= 0.3 is 0 Å². The summed E-state index contributed by atoms with van der Waals surface area (Å²) >= 11 is 0. The fourth-order valence-corrected chi connectivity index (χ4v) is 2.68. The first-order chi connectivity index (χ1) is 8.43. The smallest absolute Gasteiger partial charge is 0.163 e. The van der Waals surface area contributed by atoms with Crippen molar-refractivity contribution < 1.29 is 19.3 Å². The first-order valence-corrected chi connectivity index (χ1v) is 6.69. The fourth-order valence-electron chi connectivity index (χ4n) is 2.68. The van der Waals surface area contributed by atoms with Crippen LogP contribution in [-0.4, -0.2) is 41.9 Å². The van der Waals surface area contributed by atoms with Gasteiger partial charge < -0.3 is 19.3 Å². The highest BCUT2D eigenvalue weighted by Gasteiger charge is 2.43. The van der Waals surface area contributed by atoms with Gasteiger partial charge in [-0.2, -0.15) is 0 Å². The highest BCUT2D eigenvalue weighted by molar-refractivity contribution is 4.91. The standard InChI is InChI=1S/C14H24O4/c1-5-6-11-9(2)10(15)7-12(17-11)13-8-16-14(3,4)18-13/h5,9-13,15H,1,6-8H2,2-4H3/t9-,10+,11-,12-,13?/m1/s1. The lowest BCUT2D eigenvalue weighted by Crippen LogP contribution is -2.48. The third-order valence-electron chi connectivity index (χ3n) is 3.86. The van der Waals surface area contributed by atoms with E-state index in [9.17, 15) is 5.11 Å². The zero-order valence-electron chi connectivity index (χ0n) is 11.5. The van der Waals surface area contributed by atoms with E-state index in [1.54, 1.807) is 0 Å². The number of ether oxygens (including phenoxy) is 3. The molecule has 2 fully saturated rings. The number of hydrogen-bond acceptors (Lipinski definition) is 4. The molecule has 5 atom stereocenters. The Balaban J connectivity index is 1.99. The molecule has 4 nitrogen and oxygen atoms in total. The molecule has 1 N–H and O–H groups in total. The number of rotatable bonds is 3. The molecular weight excluding hydrogens is 232 g/mol. The van der Waals surface area contributed by atoms with Gasteiger partial charge in [-0.1, -0.05) is 13.0 Å². The molecule has 0 aromatic heterocycles. The van der Waals surface area contributed by atoms with Gasteiger partial charge in [0.1, 0.15) is 6.10 Å². The Bertz CT molecular complexity index is 302. The Morgan fingerprint density at radius 1 is 1.39 bits per heavy atom. The summed E-state index contributed by atoms with van der Waals surface area (Å²) in [7, 11) is 0. The molecule has 0 aromatic carbocycles. The third-order valence-corrected chi connectivity index (χ3v) is 3.86. The molecule has 0 bridgehead atoms. The summed E-state index contributed by atoms with van der Waals surface area (Å²) in [6, 6.07) is 0. The van der Waals surface area contributed by atoms with Gasteiger partial charge in [-0.15, -0.1) is 6.58 Å². The summed E-state index contributed by atoms with van der Waals surface area (Å²) in [6.45, 7) is 10.1. The third kappa shape index (κ3) is 2.94. The molecule has 104 valence electrons. The largest absolute Gasteiger partial charge is 0.393 e. The molecular formula is C14H24O4. The molecule has 2 rings (SSSR count). The van der Waals surface area contributed by atoms with Gasteiger partial charge in [0.2, 0.25) is 0 Å². The first kappa shape index (κ1) is 14.0. The van der Waals surface area contributed by atoms with Crippen molar-refractivity contribution in [2.45, 2.75) is 63.8 Å². The Kier molecular flexibility index (Phi) is 4.11. The van der Waals surface area contributed by atoms with Crippen molar-refractivity contribution >= 4 is 0 Å². The van der Waals surface area contributed by atoms with E-state index in [0.29, 0.717) is 13.0 Å². The van der Waals surface area contributed by atoms with Gasteiger partial charge in [-0.25, -0.2) is 0 Å². The van der Waals surface area contributed by atoms with Crippen molar-refractivity contribution in [2.75, 3.05) is 6.61 Å². The van der Waals surface area contributed by atoms with Crippen molar-refractivity contribution in [2.24, 2.45) is 5.92 Å². The fraction of sp³-hybridized carbons (Fsp3) is 0.857. The number of aliphatic hydroxyl groups is 1. The minimum Gasteiger partial charge on any atom is -0.393 e. The second-order valence-corrected chi connectivity index (χ2v) is 5.77. The molecule has 18 heavy (non-hydrogen) atoms. The van der Waals surface area contributed by atoms with Crippen LogP contribution in [0.1, 0.15) is 33.6 Å². The van der Waals surface area contributed by atoms with Crippen LogP contribution in [0.5, 0.6) is 0 Å². The number of hydrogen-bond donors (Lipinski definition) is 1. The van der Waals surface area contributed by atoms with Crippen LogP contribution in [0.2, 0.25) is 0 Å². The van der Waals surface area contributed by atoms with E-state index < -0.39 is 5.79 Å². The van der Waals surface area contributed by atoms with Crippen LogP contribution in [0, 0.1) is 5.92 Å². The van der Waals surface area contributed by atoms with E-state index >= 15 is 0 Å². The van der Waals surface area contributed by atoms with Gasteiger partial charge in [-0.3, -0.25) is 0 Å². The maximum Gasteiger partial charge on any atom is 0.163 e. The molecule has 2 aliphatic rings. The van der Waals surface area contributed by atoms with Crippen LogP contribution in [0.4, 0.5) is 0 Å². The predicted molar refractivity (Wildman–Crippen MR) is 68.2 cm³/mol. The lowest BCUT2D eigenvalue weighted by Gasteiger charge is -2.39. The van der Waals surface area contributed by atoms with Gasteiger partial charge in [0, 0.05) is 12.3 Å². The summed E-state index contributed by atoms with van der Waals surface area (Å²) in [5, 5.41) is 10.1. The maximum absolute atomic E-state index is 10.1. The minimum atomic E-state index is -0.546. The Morgan fingerprint density at radius 3 is 2.67 bits per heavy atom. The first-order valence-electron chi connectivity index (χ1n) is 6.69. The average molecular weight is 256 g/mol. The highest BCUT2D eigenvalue weighted by atomic mass is 16.7. The van der Waals surface area contributed by atoms with Crippen LogP contribution in [0.25, 0.3) is 0 Å². The molecule has 0 radical (unpaired) electrons. The number of aliphatic hydroxyl groups excluding tert-OH is 1.